The fourth-order valence-corrected chi connectivity index (χ4v) is 3.22. The first-order valence-corrected chi connectivity index (χ1v) is 8.65. The molecule has 0 saturated carbocycles. The third-order valence-corrected chi connectivity index (χ3v) is 4.63. The van der Waals surface area contributed by atoms with Crippen LogP contribution in [-0.2, 0) is 16.1 Å². The van der Waals surface area contributed by atoms with Crippen LogP contribution in [0.1, 0.15) is 45.1 Å². The molecule has 1 aromatic rings. The van der Waals surface area contributed by atoms with Gasteiger partial charge in [0.1, 0.15) is 0 Å². The van der Waals surface area contributed by atoms with Crippen molar-refractivity contribution in [2.24, 2.45) is 11.8 Å². The Morgan fingerprint density at radius 1 is 1.27 bits per heavy atom. The van der Waals surface area contributed by atoms with Crippen LogP contribution < -0.4 is 0 Å². The molecule has 0 aliphatic carbocycles. The number of benzene rings is 1. The van der Waals surface area contributed by atoms with Crippen molar-refractivity contribution in [2.75, 3.05) is 19.7 Å². The van der Waals surface area contributed by atoms with Gasteiger partial charge in [-0.2, -0.15) is 0 Å². The molecule has 3 heteroatoms. The summed E-state index contributed by atoms with van der Waals surface area (Å²) in [5.41, 5.74) is 1.21. The quantitative estimate of drug-likeness (QED) is 0.765. The molecule has 1 saturated heterocycles. The third kappa shape index (κ3) is 4.84. The zero-order chi connectivity index (χ0) is 15.8. The summed E-state index contributed by atoms with van der Waals surface area (Å²) in [4.78, 5) is 14.6. The smallest absolute Gasteiger partial charge is 0.225 e. The first-order valence-electron chi connectivity index (χ1n) is 8.65. The second-order valence-electron chi connectivity index (χ2n) is 6.31. The molecule has 0 bridgehead atoms. The lowest BCUT2D eigenvalue weighted by molar-refractivity contribution is -0.138. The number of likely N-dealkylation sites (tertiary alicyclic amines) is 1. The molecule has 1 aliphatic heterocycles. The van der Waals surface area contributed by atoms with E-state index < -0.39 is 0 Å². The van der Waals surface area contributed by atoms with Crippen molar-refractivity contribution >= 4 is 5.91 Å². The fourth-order valence-electron chi connectivity index (χ4n) is 3.22. The summed E-state index contributed by atoms with van der Waals surface area (Å²) in [6.45, 7) is 7.42. The number of hydrogen-bond acceptors (Lipinski definition) is 2. The van der Waals surface area contributed by atoms with Crippen LogP contribution >= 0.6 is 0 Å². The lowest BCUT2D eigenvalue weighted by atomic mass is 9.95. The number of rotatable bonds is 7. The van der Waals surface area contributed by atoms with Crippen LogP contribution in [0.3, 0.4) is 0 Å². The summed E-state index contributed by atoms with van der Waals surface area (Å²) in [5, 5.41) is 0. The maximum Gasteiger partial charge on any atom is 0.225 e. The van der Waals surface area contributed by atoms with Gasteiger partial charge in [0, 0.05) is 19.0 Å². The molecular formula is C19H29NO2. The molecule has 1 aliphatic rings. The number of hydrogen-bond donors (Lipinski definition) is 0. The minimum Gasteiger partial charge on any atom is -0.376 e. The summed E-state index contributed by atoms with van der Waals surface area (Å²) in [7, 11) is 0. The Bertz CT molecular complexity index is 442. The van der Waals surface area contributed by atoms with Gasteiger partial charge in [-0.1, -0.05) is 44.2 Å². The minimum absolute atomic E-state index is 0.198. The molecule has 1 fully saturated rings. The zero-order valence-electron chi connectivity index (χ0n) is 14.0. The number of carbonyl (C=O) groups is 1. The first kappa shape index (κ1) is 17.0. The number of piperidine rings is 1. The molecule has 1 unspecified atom stereocenters. The molecule has 1 heterocycles. The second-order valence-corrected chi connectivity index (χ2v) is 6.31. The number of carbonyl (C=O) groups excluding carboxylic acids is 1. The molecule has 0 N–H and O–H groups in total. The molecule has 0 radical (unpaired) electrons. The molecule has 3 nitrogen and oxygen atoms in total. The van der Waals surface area contributed by atoms with E-state index in [0.29, 0.717) is 18.4 Å². The molecule has 122 valence electrons. The van der Waals surface area contributed by atoms with Crippen molar-refractivity contribution < 1.29 is 9.53 Å². The average Bonchev–Trinajstić information content (AvgIpc) is 2.57. The van der Waals surface area contributed by atoms with E-state index >= 15 is 0 Å². The van der Waals surface area contributed by atoms with Crippen LogP contribution in [-0.4, -0.2) is 30.5 Å². The Kier molecular flexibility index (Phi) is 6.91. The van der Waals surface area contributed by atoms with Gasteiger partial charge in [0.2, 0.25) is 5.91 Å². The largest absolute Gasteiger partial charge is 0.376 e. The van der Waals surface area contributed by atoms with Crippen molar-refractivity contribution in [1.29, 1.82) is 0 Å². The monoisotopic (exact) mass is 303 g/mol. The maximum atomic E-state index is 12.5. The highest BCUT2D eigenvalue weighted by Crippen LogP contribution is 2.21. The first-order chi connectivity index (χ1) is 10.7. The highest BCUT2D eigenvalue weighted by Gasteiger charge is 2.27. The lowest BCUT2D eigenvalue weighted by Gasteiger charge is -2.34. The van der Waals surface area contributed by atoms with E-state index in [1.807, 2.05) is 18.2 Å². The molecule has 0 aromatic heterocycles. The molecule has 1 aromatic carbocycles. The van der Waals surface area contributed by atoms with Crippen LogP contribution in [0.5, 0.6) is 0 Å². The minimum atomic E-state index is 0.198. The van der Waals surface area contributed by atoms with Crippen molar-refractivity contribution in [2.45, 2.75) is 46.1 Å². The average molecular weight is 303 g/mol. The van der Waals surface area contributed by atoms with Crippen molar-refractivity contribution in [3.63, 3.8) is 0 Å². The molecule has 2 rings (SSSR count). The topological polar surface area (TPSA) is 29.5 Å². The predicted molar refractivity (Wildman–Crippen MR) is 89.5 cm³/mol. The summed E-state index contributed by atoms with van der Waals surface area (Å²) in [5.74, 6) is 1.03. The third-order valence-electron chi connectivity index (χ3n) is 4.63. The summed E-state index contributed by atoms with van der Waals surface area (Å²) in [6.07, 6.45) is 4.16. The van der Waals surface area contributed by atoms with Gasteiger partial charge >= 0.3 is 0 Å². The van der Waals surface area contributed by atoms with E-state index in [2.05, 4.69) is 30.9 Å². The van der Waals surface area contributed by atoms with E-state index in [1.54, 1.807) is 0 Å². The van der Waals surface area contributed by atoms with Gasteiger partial charge in [-0.05, 0) is 37.2 Å². The van der Waals surface area contributed by atoms with E-state index in [1.165, 1.54) is 12.0 Å². The second kappa shape index (κ2) is 8.94. The number of ether oxygens (including phenoxy) is 1. The Labute approximate surface area is 134 Å². The van der Waals surface area contributed by atoms with Gasteiger partial charge in [0.05, 0.1) is 13.2 Å². The Hall–Kier alpha value is -1.35. The molecule has 22 heavy (non-hydrogen) atoms. The summed E-state index contributed by atoms with van der Waals surface area (Å²) in [6, 6.07) is 10.3. The van der Waals surface area contributed by atoms with E-state index in [0.717, 1.165) is 39.0 Å². The molecule has 1 amide bonds. The van der Waals surface area contributed by atoms with Crippen LogP contribution in [0.2, 0.25) is 0 Å². The Morgan fingerprint density at radius 3 is 2.68 bits per heavy atom. The molecule has 1 atom stereocenters. The van der Waals surface area contributed by atoms with Crippen molar-refractivity contribution in [3.8, 4) is 0 Å². The van der Waals surface area contributed by atoms with Gasteiger partial charge < -0.3 is 9.64 Å². The normalized spacial score (nSPS) is 18.7. The van der Waals surface area contributed by atoms with E-state index in [4.69, 9.17) is 4.74 Å². The van der Waals surface area contributed by atoms with Gasteiger partial charge in [0.25, 0.3) is 0 Å². The van der Waals surface area contributed by atoms with E-state index in [9.17, 15) is 4.79 Å². The van der Waals surface area contributed by atoms with Gasteiger partial charge in [0.15, 0.2) is 0 Å². The van der Waals surface area contributed by atoms with Gasteiger partial charge in [-0.25, -0.2) is 0 Å². The zero-order valence-corrected chi connectivity index (χ0v) is 14.0. The highest BCUT2D eigenvalue weighted by molar-refractivity contribution is 5.78. The van der Waals surface area contributed by atoms with Crippen LogP contribution in [0.25, 0.3) is 0 Å². The fraction of sp³-hybridized carbons (Fsp3) is 0.632. The molecular weight excluding hydrogens is 274 g/mol. The summed E-state index contributed by atoms with van der Waals surface area (Å²) < 4.78 is 5.86. The van der Waals surface area contributed by atoms with Crippen LogP contribution in [0.4, 0.5) is 0 Å². The van der Waals surface area contributed by atoms with Crippen molar-refractivity contribution in [3.05, 3.63) is 35.9 Å². The standard InChI is InChI=1S/C19H29NO2/c1-3-18(4-2)19(21)20-12-8-11-17(13-20)15-22-14-16-9-6-5-7-10-16/h5-7,9-10,17-18H,3-4,8,11-15H2,1-2H3. The maximum absolute atomic E-state index is 12.5. The van der Waals surface area contributed by atoms with Gasteiger partial charge in [-0.15, -0.1) is 0 Å². The lowest BCUT2D eigenvalue weighted by Crippen LogP contribution is -2.43. The molecule has 0 spiro atoms. The van der Waals surface area contributed by atoms with Crippen LogP contribution in [0.15, 0.2) is 30.3 Å². The predicted octanol–water partition coefficient (Wildman–Crippen LogP) is 3.88. The Balaban J connectivity index is 1.77. The van der Waals surface area contributed by atoms with E-state index in [-0.39, 0.29) is 5.92 Å². The number of nitrogens with zero attached hydrogens (tertiary/aromatic N) is 1. The Morgan fingerprint density at radius 2 is 2.00 bits per heavy atom. The SMILES string of the molecule is CCC(CC)C(=O)N1CCCC(COCc2ccccc2)C1. The van der Waals surface area contributed by atoms with Crippen molar-refractivity contribution in [1.82, 2.24) is 4.90 Å². The highest BCUT2D eigenvalue weighted by atomic mass is 16.5. The van der Waals surface area contributed by atoms with Crippen LogP contribution in [0, 0.1) is 11.8 Å². The number of amides is 1. The summed E-state index contributed by atoms with van der Waals surface area (Å²) >= 11 is 0. The van der Waals surface area contributed by atoms with Gasteiger partial charge in [-0.3, -0.25) is 4.79 Å².